The van der Waals surface area contributed by atoms with Crippen molar-refractivity contribution in [3.05, 3.63) is 46.5 Å². The van der Waals surface area contributed by atoms with Crippen LogP contribution in [0.3, 0.4) is 0 Å². The molecule has 2 atom stereocenters. The summed E-state index contributed by atoms with van der Waals surface area (Å²) in [6.07, 6.45) is 1.15. The first-order chi connectivity index (χ1) is 8.47. The number of halogens is 2. The minimum atomic E-state index is -0.625. The van der Waals surface area contributed by atoms with Crippen molar-refractivity contribution in [1.29, 1.82) is 0 Å². The molecule has 2 nitrogen and oxygen atoms in total. The predicted molar refractivity (Wildman–Crippen MR) is 78.2 cm³/mol. The highest BCUT2D eigenvalue weighted by Crippen LogP contribution is 2.28. The summed E-state index contributed by atoms with van der Waals surface area (Å²) in [4.78, 5) is 0. The van der Waals surface area contributed by atoms with Gasteiger partial charge in [0.15, 0.2) is 0 Å². The summed E-state index contributed by atoms with van der Waals surface area (Å²) in [5.74, 6) is 0.286. The first-order valence-electron chi connectivity index (χ1n) is 5.94. The van der Waals surface area contributed by atoms with Crippen molar-refractivity contribution < 1.29 is 5.11 Å². The number of nitrogens with one attached hydrogen (secondary N) is 1. The predicted octanol–water partition coefficient (Wildman–Crippen LogP) is 3.83. The molecule has 0 bridgehead atoms. The van der Waals surface area contributed by atoms with Crippen molar-refractivity contribution in [2.24, 2.45) is 5.92 Å². The lowest BCUT2D eigenvalue weighted by atomic mass is 9.93. The Hall–Kier alpha value is -0.540. The second-order valence-electron chi connectivity index (χ2n) is 4.59. The molecule has 0 heterocycles. The molecule has 1 aromatic rings. The van der Waals surface area contributed by atoms with Gasteiger partial charge in [0.2, 0.25) is 0 Å². The standard InChI is InChI=1S/C14H19Cl2NO/c1-4-7-17-13(9(2)3)14(18)10-5-6-11(15)12(16)8-10/h4-6,8-9,13-14,17-18H,1,7H2,2-3H3. The van der Waals surface area contributed by atoms with E-state index >= 15 is 0 Å². The van der Waals surface area contributed by atoms with Crippen LogP contribution in [0.4, 0.5) is 0 Å². The van der Waals surface area contributed by atoms with Crippen LogP contribution in [0, 0.1) is 5.92 Å². The smallest absolute Gasteiger partial charge is 0.0946 e. The van der Waals surface area contributed by atoms with Gasteiger partial charge in [-0.25, -0.2) is 0 Å². The second kappa shape index (κ2) is 7.15. The molecule has 18 heavy (non-hydrogen) atoms. The Morgan fingerprint density at radius 2 is 2.00 bits per heavy atom. The summed E-state index contributed by atoms with van der Waals surface area (Å²) >= 11 is 11.8. The van der Waals surface area contributed by atoms with Crippen molar-refractivity contribution in [3.63, 3.8) is 0 Å². The van der Waals surface area contributed by atoms with Gasteiger partial charge >= 0.3 is 0 Å². The molecule has 0 amide bonds. The molecule has 4 heteroatoms. The van der Waals surface area contributed by atoms with Crippen LogP contribution in [0.1, 0.15) is 25.5 Å². The van der Waals surface area contributed by atoms with E-state index in [-0.39, 0.29) is 12.0 Å². The highest BCUT2D eigenvalue weighted by Gasteiger charge is 2.23. The first-order valence-corrected chi connectivity index (χ1v) is 6.70. The lowest BCUT2D eigenvalue weighted by Crippen LogP contribution is -2.39. The quantitative estimate of drug-likeness (QED) is 0.780. The van der Waals surface area contributed by atoms with E-state index in [0.29, 0.717) is 16.6 Å². The maximum absolute atomic E-state index is 10.4. The van der Waals surface area contributed by atoms with Crippen molar-refractivity contribution >= 4 is 23.2 Å². The Morgan fingerprint density at radius 3 is 2.50 bits per heavy atom. The molecular weight excluding hydrogens is 269 g/mol. The van der Waals surface area contributed by atoms with Gasteiger partial charge in [0.25, 0.3) is 0 Å². The average Bonchev–Trinajstić information content (AvgIpc) is 2.32. The van der Waals surface area contributed by atoms with Crippen LogP contribution in [-0.4, -0.2) is 17.7 Å². The number of hydrogen-bond donors (Lipinski definition) is 2. The highest BCUT2D eigenvalue weighted by atomic mass is 35.5. The molecule has 0 fully saturated rings. The van der Waals surface area contributed by atoms with Crippen molar-refractivity contribution in [1.82, 2.24) is 5.32 Å². The zero-order valence-corrected chi connectivity index (χ0v) is 12.2. The van der Waals surface area contributed by atoms with Gasteiger partial charge in [-0.3, -0.25) is 0 Å². The van der Waals surface area contributed by atoms with Gasteiger partial charge in [0.1, 0.15) is 0 Å². The molecule has 1 aromatic carbocycles. The molecule has 2 N–H and O–H groups in total. The van der Waals surface area contributed by atoms with Crippen LogP contribution >= 0.6 is 23.2 Å². The van der Waals surface area contributed by atoms with Crippen LogP contribution in [-0.2, 0) is 0 Å². The monoisotopic (exact) mass is 287 g/mol. The Bertz CT molecular complexity index is 407. The third kappa shape index (κ3) is 3.99. The van der Waals surface area contributed by atoms with E-state index in [0.717, 1.165) is 5.56 Å². The van der Waals surface area contributed by atoms with Gasteiger partial charge < -0.3 is 10.4 Å². The Kier molecular flexibility index (Phi) is 6.16. The number of aliphatic hydroxyl groups is 1. The molecule has 0 aliphatic heterocycles. The molecule has 0 saturated heterocycles. The minimum Gasteiger partial charge on any atom is -0.387 e. The zero-order valence-electron chi connectivity index (χ0n) is 10.7. The summed E-state index contributed by atoms with van der Waals surface area (Å²) in [7, 11) is 0. The van der Waals surface area contributed by atoms with E-state index in [1.807, 2.05) is 0 Å². The summed E-state index contributed by atoms with van der Waals surface area (Å²) in [5, 5.41) is 14.6. The normalized spacial score (nSPS) is 14.6. The van der Waals surface area contributed by atoms with Gasteiger partial charge in [-0.15, -0.1) is 6.58 Å². The Balaban J connectivity index is 2.90. The molecule has 0 aliphatic carbocycles. The van der Waals surface area contributed by atoms with Crippen LogP contribution in [0.2, 0.25) is 10.0 Å². The SMILES string of the molecule is C=CCNC(C(C)C)C(O)c1ccc(Cl)c(Cl)c1. The van der Waals surface area contributed by atoms with Crippen molar-refractivity contribution in [3.8, 4) is 0 Å². The third-order valence-corrected chi connectivity index (χ3v) is 3.58. The summed E-state index contributed by atoms with van der Waals surface area (Å²) in [5.41, 5.74) is 0.764. The minimum absolute atomic E-state index is 0.0553. The fourth-order valence-corrected chi connectivity index (χ4v) is 2.14. The molecule has 2 unspecified atom stereocenters. The molecule has 1 rings (SSSR count). The fourth-order valence-electron chi connectivity index (χ4n) is 1.84. The van der Waals surface area contributed by atoms with Crippen LogP contribution in [0.15, 0.2) is 30.9 Å². The molecule has 0 saturated carbocycles. The number of hydrogen-bond acceptors (Lipinski definition) is 2. The molecule has 0 aliphatic rings. The lowest BCUT2D eigenvalue weighted by Gasteiger charge is -2.27. The van der Waals surface area contributed by atoms with Crippen molar-refractivity contribution in [2.75, 3.05) is 6.54 Å². The number of aliphatic hydroxyl groups excluding tert-OH is 1. The Labute approximate surface area is 119 Å². The van der Waals surface area contributed by atoms with E-state index in [1.165, 1.54) is 0 Å². The van der Waals surface area contributed by atoms with Gasteiger partial charge in [0, 0.05) is 12.6 Å². The summed E-state index contributed by atoms with van der Waals surface area (Å²) < 4.78 is 0. The molecule has 0 aromatic heterocycles. The highest BCUT2D eigenvalue weighted by molar-refractivity contribution is 6.42. The lowest BCUT2D eigenvalue weighted by molar-refractivity contribution is 0.107. The molecule has 0 radical (unpaired) electrons. The maximum atomic E-state index is 10.4. The van der Waals surface area contributed by atoms with Gasteiger partial charge in [-0.05, 0) is 23.6 Å². The third-order valence-electron chi connectivity index (χ3n) is 2.84. The first kappa shape index (κ1) is 15.5. The van der Waals surface area contributed by atoms with Crippen LogP contribution in [0.5, 0.6) is 0 Å². The summed E-state index contributed by atoms with van der Waals surface area (Å²) in [6.45, 7) is 8.44. The molecule has 0 spiro atoms. The molecule has 100 valence electrons. The van der Waals surface area contributed by atoms with Gasteiger partial charge in [0.05, 0.1) is 16.1 Å². The summed E-state index contributed by atoms with van der Waals surface area (Å²) in [6, 6.07) is 5.15. The average molecular weight is 288 g/mol. The van der Waals surface area contributed by atoms with E-state index in [4.69, 9.17) is 23.2 Å². The topological polar surface area (TPSA) is 32.3 Å². The van der Waals surface area contributed by atoms with Crippen LogP contribution < -0.4 is 5.32 Å². The largest absolute Gasteiger partial charge is 0.387 e. The maximum Gasteiger partial charge on any atom is 0.0946 e. The van der Waals surface area contributed by atoms with Crippen molar-refractivity contribution in [2.45, 2.75) is 26.0 Å². The number of rotatable bonds is 6. The second-order valence-corrected chi connectivity index (χ2v) is 5.40. The number of benzene rings is 1. The fraction of sp³-hybridized carbons (Fsp3) is 0.429. The molecular formula is C14H19Cl2NO. The van der Waals surface area contributed by atoms with E-state index in [1.54, 1.807) is 24.3 Å². The van der Waals surface area contributed by atoms with E-state index < -0.39 is 6.10 Å². The zero-order chi connectivity index (χ0) is 13.7. The van der Waals surface area contributed by atoms with E-state index in [9.17, 15) is 5.11 Å². The van der Waals surface area contributed by atoms with Gasteiger partial charge in [-0.2, -0.15) is 0 Å². The van der Waals surface area contributed by atoms with Crippen LogP contribution in [0.25, 0.3) is 0 Å². The van der Waals surface area contributed by atoms with E-state index in [2.05, 4.69) is 25.7 Å². The van der Waals surface area contributed by atoms with Gasteiger partial charge in [-0.1, -0.05) is 49.2 Å². The Morgan fingerprint density at radius 1 is 1.33 bits per heavy atom.